The van der Waals surface area contributed by atoms with Gasteiger partial charge < -0.3 is 0 Å². The molecular weight excluding hydrogens is 202 g/mol. The molecule has 0 N–H and O–H groups in total. The van der Waals surface area contributed by atoms with Gasteiger partial charge in [0.2, 0.25) is 11.8 Å². The van der Waals surface area contributed by atoms with E-state index in [2.05, 4.69) is 6.58 Å². The van der Waals surface area contributed by atoms with E-state index in [9.17, 15) is 9.59 Å². The molecule has 0 aromatic carbocycles. The molecule has 0 bridgehead atoms. The Morgan fingerprint density at radius 2 is 1.94 bits per heavy atom. The second kappa shape index (κ2) is 3.30. The number of amides is 2. The predicted molar refractivity (Wildman–Crippen MR) is 61.5 cm³/mol. The third kappa shape index (κ3) is 1.42. The molecule has 0 spiro atoms. The van der Waals surface area contributed by atoms with E-state index in [1.165, 1.54) is 4.90 Å². The van der Waals surface area contributed by atoms with E-state index in [4.69, 9.17) is 0 Å². The Morgan fingerprint density at radius 1 is 1.31 bits per heavy atom. The Labute approximate surface area is 95.8 Å². The summed E-state index contributed by atoms with van der Waals surface area (Å²) in [5.41, 5.74) is 0.326. The van der Waals surface area contributed by atoms with Gasteiger partial charge >= 0.3 is 0 Å². The number of nitrogens with zero attached hydrogens (tertiary/aromatic N) is 1. The fourth-order valence-electron chi connectivity index (χ4n) is 2.51. The molecule has 3 nitrogen and oxygen atoms in total. The molecule has 2 amide bonds. The van der Waals surface area contributed by atoms with Crippen LogP contribution in [0.2, 0.25) is 0 Å². The fourth-order valence-corrected chi connectivity index (χ4v) is 2.51. The summed E-state index contributed by atoms with van der Waals surface area (Å²) < 4.78 is 0. The number of likely N-dealkylation sites (tertiary alicyclic amines) is 1. The predicted octanol–water partition coefficient (Wildman–Crippen LogP) is 1.90. The first kappa shape index (κ1) is 11.1. The van der Waals surface area contributed by atoms with Crippen LogP contribution in [0.25, 0.3) is 0 Å². The van der Waals surface area contributed by atoms with Gasteiger partial charge in [0, 0.05) is 5.54 Å². The second-order valence-electron chi connectivity index (χ2n) is 5.48. The number of rotatable bonds is 0. The third-order valence-corrected chi connectivity index (χ3v) is 3.22. The Hall–Kier alpha value is -1.38. The Kier molecular flexibility index (Phi) is 2.30. The van der Waals surface area contributed by atoms with Gasteiger partial charge in [-0.3, -0.25) is 14.5 Å². The monoisotopic (exact) mass is 219 g/mol. The first-order valence-corrected chi connectivity index (χ1v) is 5.57. The van der Waals surface area contributed by atoms with Crippen LogP contribution >= 0.6 is 0 Å². The zero-order valence-electron chi connectivity index (χ0n) is 9.99. The molecule has 86 valence electrons. The lowest BCUT2D eigenvalue weighted by molar-refractivity contribution is -0.145. The average molecular weight is 219 g/mol. The minimum Gasteiger partial charge on any atom is -0.276 e. The minimum atomic E-state index is -0.439. The second-order valence-corrected chi connectivity index (χ2v) is 5.48. The molecule has 2 atom stereocenters. The number of carbonyl (C=O) groups excluding carboxylic acids is 2. The quantitative estimate of drug-likeness (QED) is 0.583. The van der Waals surface area contributed by atoms with Crippen molar-refractivity contribution in [1.82, 2.24) is 4.90 Å². The molecule has 2 rings (SSSR count). The number of fused-ring (bicyclic) bond motifs is 1. The summed E-state index contributed by atoms with van der Waals surface area (Å²) >= 11 is 0. The van der Waals surface area contributed by atoms with Crippen molar-refractivity contribution in [1.29, 1.82) is 0 Å². The molecule has 1 aliphatic carbocycles. The molecule has 1 fully saturated rings. The summed E-state index contributed by atoms with van der Waals surface area (Å²) in [7, 11) is 0. The highest BCUT2D eigenvalue weighted by atomic mass is 16.2. The SMILES string of the molecule is C=C1C=CCC2C(=O)N(C(C)(C)C)C(=O)C12. The largest absolute Gasteiger partial charge is 0.276 e. The molecular formula is C13H17NO2. The van der Waals surface area contributed by atoms with Gasteiger partial charge in [-0.15, -0.1) is 0 Å². The standard InChI is InChI=1S/C13H17NO2/c1-8-6-5-7-9-10(8)12(16)14(11(9)15)13(2,3)4/h5-6,9-10H,1,7H2,2-4H3. The maximum Gasteiger partial charge on any atom is 0.238 e. The number of carbonyl (C=O) groups is 2. The third-order valence-electron chi connectivity index (χ3n) is 3.22. The topological polar surface area (TPSA) is 37.4 Å². The van der Waals surface area contributed by atoms with Crippen LogP contribution in [0.4, 0.5) is 0 Å². The summed E-state index contributed by atoms with van der Waals surface area (Å²) in [5.74, 6) is -0.675. The molecule has 1 saturated heterocycles. The van der Waals surface area contributed by atoms with Crippen molar-refractivity contribution in [3.63, 3.8) is 0 Å². The van der Waals surface area contributed by atoms with Crippen LogP contribution in [-0.2, 0) is 9.59 Å². The average Bonchev–Trinajstić information content (AvgIpc) is 2.39. The highest BCUT2D eigenvalue weighted by molar-refractivity contribution is 6.07. The number of hydrogen-bond donors (Lipinski definition) is 0. The van der Waals surface area contributed by atoms with E-state index in [1.807, 2.05) is 32.9 Å². The lowest BCUT2D eigenvalue weighted by Crippen LogP contribution is -2.46. The Bertz CT molecular complexity index is 401. The summed E-state index contributed by atoms with van der Waals surface area (Å²) in [4.78, 5) is 25.8. The van der Waals surface area contributed by atoms with Gasteiger partial charge in [0.05, 0.1) is 11.8 Å². The van der Waals surface area contributed by atoms with Crippen molar-refractivity contribution in [2.75, 3.05) is 0 Å². The van der Waals surface area contributed by atoms with Crippen LogP contribution in [0.3, 0.4) is 0 Å². The molecule has 3 heteroatoms. The van der Waals surface area contributed by atoms with Crippen LogP contribution in [0.15, 0.2) is 24.3 Å². The van der Waals surface area contributed by atoms with Crippen LogP contribution in [0.5, 0.6) is 0 Å². The zero-order valence-corrected chi connectivity index (χ0v) is 9.99. The number of allylic oxidation sites excluding steroid dienone is 2. The molecule has 0 aromatic heterocycles. The van der Waals surface area contributed by atoms with Crippen molar-refractivity contribution < 1.29 is 9.59 Å². The van der Waals surface area contributed by atoms with Crippen LogP contribution < -0.4 is 0 Å². The molecule has 0 saturated carbocycles. The summed E-state index contributed by atoms with van der Waals surface area (Å²) in [6.07, 6.45) is 4.44. The van der Waals surface area contributed by atoms with E-state index >= 15 is 0 Å². The highest BCUT2D eigenvalue weighted by Gasteiger charge is 2.51. The molecule has 0 aromatic rings. The summed E-state index contributed by atoms with van der Waals surface area (Å²) in [6.45, 7) is 9.53. The lowest BCUT2D eigenvalue weighted by Gasteiger charge is -2.30. The molecule has 2 unspecified atom stereocenters. The first-order chi connectivity index (χ1) is 7.34. The van der Waals surface area contributed by atoms with Gasteiger partial charge in [-0.05, 0) is 32.8 Å². The number of hydrogen-bond acceptors (Lipinski definition) is 2. The maximum absolute atomic E-state index is 12.2. The van der Waals surface area contributed by atoms with Crippen molar-refractivity contribution in [2.24, 2.45) is 11.8 Å². The van der Waals surface area contributed by atoms with Crippen molar-refractivity contribution in [2.45, 2.75) is 32.7 Å². The number of imide groups is 1. The van der Waals surface area contributed by atoms with Gasteiger partial charge in [-0.25, -0.2) is 0 Å². The van der Waals surface area contributed by atoms with Crippen LogP contribution in [-0.4, -0.2) is 22.3 Å². The smallest absolute Gasteiger partial charge is 0.238 e. The van der Waals surface area contributed by atoms with Gasteiger partial charge in [0.25, 0.3) is 0 Å². The van der Waals surface area contributed by atoms with E-state index in [-0.39, 0.29) is 23.7 Å². The van der Waals surface area contributed by atoms with Crippen LogP contribution in [0.1, 0.15) is 27.2 Å². The van der Waals surface area contributed by atoms with Gasteiger partial charge in [-0.1, -0.05) is 18.7 Å². The molecule has 2 aliphatic rings. The first-order valence-electron chi connectivity index (χ1n) is 5.57. The minimum absolute atomic E-state index is 0.0481. The zero-order chi connectivity index (χ0) is 12.1. The fraction of sp³-hybridized carbons (Fsp3) is 0.538. The molecule has 1 heterocycles. The van der Waals surface area contributed by atoms with Crippen molar-refractivity contribution in [3.8, 4) is 0 Å². The molecule has 16 heavy (non-hydrogen) atoms. The lowest BCUT2D eigenvalue weighted by atomic mass is 9.82. The van der Waals surface area contributed by atoms with E-state index in [0.717, 1.165) is 5.57 Å². The Morgan fingerprint density at radius 3 is 2.44 bits per heavy atom. The van der Waals surface area contributed by atoms with Gasteiger partial charge in [0.1, 0.15) is 0 Å². The Balaban J connectivity index is 2.41. The van der Waals surface area contributed by atoms with E-state index in [1.54, 1.807) is 0 Å². The molecule has 1 aliphatic heterocycles. The van der Waals surface area contributed by atoms with E-state index in [0.29, 0.717) is 6.42 Å². The summed E-state index contributed by atoms with van der Waals surface area (Å²) in [6, 6.07) is 0. The van der Waals surface area contributed by atoms with Gasteiger partial charge in [0.15, 0.2) is 0 Å². The van der Waals surface area contributed by atoms with E-state index < -0.39 is 5.54 Å². The van der Waals surface area contributed by atoms with Gasteiger partial charge in [-0.2, -0.15) is 0 Å². The maximum atomic E-state index is 12.2. The van der Waals surface area contributed by atoms with Crippen molar-refractivity contribution >= 4 is 11.8 Å². The summed E-state index contributed by atoms with van der Waals surface area (Å²) in [5, 5.41) is 0. The molecule has 0 radical (unpaired) electrons. The van der Waals surface area contributed by atoms with Crippen molar-refractivity contribution in [3.05, 3.63) is 24.3 Å². The normalized spacial score (nSPS) is 29.9. The van der Waals surface area contributed by atoms with Crippen LogP contribution in [0, 0.1) is 11.8 Å². The highest BCUT2D eigenvalue weighted by Crippen LogP contribution is 2.40.